The van der Waals surface area contributed by atoms with Gasteiger partial charge in [-0.05, 0) is 71.7 Å². The number of benzene rings is 5. The highest BCUT2D eigenvalue weighted by atomic mass is 15.2. The van der Waals surface area contributed by atoms with Crippen LogP contribution in [0.1, 0.15) is 40.5 Å². The molecule has 0 spiro atoms. The quantitative estimate of drug-likeness (QED) is 0.192. The van der Waals surface area contributed by atoms with Crippen molar-refractivity contribution < 1.29 is 0 Å². The van der Waals surface area contributed by atoms with Crippen molar-refractivity contribution in [1.82, 2.24) is 4.57 Å². The molecule has 0 fully saturated rings. The molecule has 9 rings (SSSR count). The van der Waals surface area contributed by atoms with Crippen molar-refractivity contribution in [2.24, 2.45) is 0 Å². The Balaban J connectivity index is 1.22. The maximum Gasteiger partial charge on any atom is 0.0994 e. The van der Waals surface area contributed by atoms with Crippen molar-refractivity contribution >= 4 is 27.5 Å². The first kappa shape index (κ1) is 29.3. The van der Waals surface area contributed by atoms with Crippen molar-refractivity contribution in [1.29, 1.82) is 15.8 Å². The number of nitriles is 3. The number of rotatable bonds is 4. The van der Waals surface area contributed by atoms with Crippen LogP contribution in [0.4, 0.5) is 5.69 Å². The van der Waals surface area contributed by atoms with Gasteiger partial charge >= 0.3 is 0 Å². The van der Waals surface area contributed by atoms with Crippen molar-refractivity contribution in [3.05, 3.63) is 179 Å². The van der Waals surface area contributed by atoms with E-state index >= 15 is 0 Å². The fourth-order valence-corrected chi connectivity index (χ4v) is 8.33. The summed E-state index contributed by atoms with van der Waals surface area (Å²) < 4.78 is 2.26. The van der Waals surface area contributed by atoms with Crippen molar-refractivity contribution in [3.63, 3.8) is 0 Å². The molecule has 0 N–H and O–H groups in total. The molecule has 2 aliphatic carbocycles. The van der Waals surface area contributed by atoms with Crippen LogP contribution in [0.25, 0.3) is 38.6 Å². The van der Waals surface area contributed by atoms with E-state index in [4.69, 9.17) is 0 Å². The van der Waals surface area contributed by atoms with Crippen molar-refractivity contribution in [2.75, 3.05) is 4.90 Å². The van der Waals surface area contributed by atoms with E-state index < -0.39 is 0 Å². The molecule has 0 amide bonds. The molecule has 5 heteroatoms. The molecule has 0 saturated heterocycles. The molecule has 3 aliphatic rings. The number of aromatic nitrogens is 1. The van der Waals surface area contributed by atoms with Crippen LogP contribution in [0.15, 0.2) is 157 Å². The standard InChI is InChI=1S/C45H29N5/c46-26-29-20-21-44-39(24-29)37-14-4-8-19-43(37)50(44)42-18-7-3-13-36(42)38-15-9-10-31(28-48)45(38)32-22-30(27-47)23-33(25-32)49-40-16-5-1-11-34(40)35-12-2-6-17-41(35)49/h1-24,32,34,40H,25H2. The van der Waals surface area contributed by atoms with Gasteiger partial charge in [0.15, 0.2) is 0 Å². The van der Waals surface area contributed by atoms with Gasteiger partial charge in [-0.1, -0.05) is 97.1 Å². The molecule has 0 radical (unpaired) electrons. The summed E-state index contributed by atoms with van der Waals surface area (Å²) in [6.07, 6.45) is 13.4. The Morgan fingerprint density at radius 3 is 2.26 bits per heavy atom. The van der Waals surface area contributed by atoms with E-state index in [0.29, 0.717) is 23.1 Å². The maximum atomic E-state index is 10.6. The zero-order valence-electron chi connectivity index (χ0n) is 27.0. The van der Waals surface area contributed by atoms with E-state index in [1.54, 1.807) is 0 Å². The molecular weight excluding hydrogens is 611 g/mol. The molecule has 5 nitrogen and oxygen atoms in total. The van der Waals surface area contributed by atoms with Crippen LogP contribution in [0.5, 0.6) is 0 Å². The summed E-state index contributed by atoms with van der Waals surface area (Å²) in [6, 6.07) is 44.3. The van der Waals surface area contributed by atoms with E-state index in [1.807, 2.05) is 66.7 Å². The second-order valence-electron chi connectivity index (χ2n) is 13.0. The summed E-state index contributed by atoms with van der Waals surface area (Å²) in [4.78, 5) is 2.40. The molecule has 234 valence electrons. The molecule has 6 aromatic rings. The lowest BCUT2D eigenvalue weighted by atomic mass is 9.80. The summed E-state index contributed by atoms with van der Waals surface area (Å²) in [5.74, 6) is 0.0190. The summed E-state index contributed by atoms with van der Waals surface area (Å²) >= 11 is 0. The van der Waals surface area contributed by atoms with Crippen LogP contribution in [0, 0.1) is 34.0 Å². The van der Waals surface area contributed by atoms with Crippen LogP contribution in [-0.2, 0) is 0 Å². The molecule has 0 saturated carbocycles. The first-order valence-electron chi connectivity index (χ1n) is 16.8. The van der Waals surface area contributed by atoms with Gasteiger partial charge in [0.1, 0.15) is 0 Å². The molecule has 1 aliphatic heterocycles. The van der Waals surface area contributed by atoms with Crippen LogP contribution < -0.4 is 4.90 Å². The van der Waals surface area contributed by atoms with Crippen LogP contribution in [0.3, 0.4) is 0 Å². The summed E-state index contributed by atoms with van der Waals surface area (Å²) in [5.41, 5.74) is 11.2. The smallest absolute Gasteiger partial charge is 0.0994 e. The Bertz CT molecular complexity index is 2640. The lowest BCUT2D eigenvalue weighted by molar-refractivity contribution is 0.680. The van der Waals surface area contributed by atoms with Crippen molar-refractivity contribution in [3.8, 4) is 35.0 Å². The molecule has 3 atom stereocenters. The number of nitrogens with zero attached hydrogens (tertiary/aromatic N) is 5. The largest absolute Gasteiger partial charge is 0.337 e. The van der Waals surface area contributed by atoms with E-state index in [9.17, 15) is 15.8 Å². The minimum atomic E-state index is -0.214. The third-order valence-electron chi connectivity index (χ3n) is 10.4. The van der Waals surface area contributed by atoms with E-state index in [-0.39, 0.29) is 17.9 Å². The monoisotopic (exact) mass is 639 g/mol. The first-order valence-corrected chi connectivity index (χ1v) is 16.8. The van der Waals surface area contributed by atoms with Crippen LogP contribution in [-0.4, -0.2) is 10.6 Å². The SMILES string of the molecule is N#CC1=CC(c2c(C#N)cccc2-c2ccccc2-n2c3ccccc3c3cc(C#N)ccc32)CC(N2c3ccccc3C3C=CC=CC32)=C1. The lowest BCUT2D eigenvalue weighted by Crippen LogP contribution is -2.33. The Kier molecular flexibility index (Phi) is 6.84. The Morgan fingerprint density at radius 2 is 1.40 bits per heavy atom. The predicted octanol–water partition coefficient (Wildman–Crippen LogP) is 10.1. The van der Waals surface area contributed by atoms with Gasteiger partial charge in [-0.2, -0.15) is 15.8 Å². The highest BCUT2D eigenvalue weighted by Crippen LogP contribution is 2.49. The van der Waals surface area contributed by atoms with Gasteiger partial charge in [-0.15, -0.1) is 0 Å². The molecule has 50 heavy (non-hydrogen) atoms. The summed E-state index contributed by atoms with van der Waals surface area (Å²) in [5, 5.41) is 32.7. The average molecular weight is 640 g/mol. The van der Waals surface area contributed by atoms with Gasteiger partial charge in [0.05, 0.1) is 57.7 Å². The van der Waals surface area contributed by atoms with E-state index in [2.05, 4.69) is 107 Å². The topological polar surface area (TPSA) is 79.5 Å². The number of allylic oxidation sites excluding steroid dienone is 6. The average Bonchev–Trinajstić information content (AvgIpc) is 3.70. The Morgan fingerprint density at radius 1 is 0.640 bits per heavy atom. The Labute approximate surface area is 290 Å². The maximum absolute atomic E-state index is 10.6. The second-order valence-corrected chi connectivity index (χ2v) is 13.0. The molecule has 3 unspecified atom stereocenters. The number of hydrogen-bond donors (Lipinski definition) is 0. The van der Waals surface area contributed by atoms with E-state index in [1.165, 1.54) is 5.56 Å². The molecule has 1 aromatic heterocycles. The summed E-state index contributed by atoms with van der Waals surface area (Å²) in [7, 11) is 0. The zero-order chi connectivity index (χ0) is 33.8. The fourth-order valence-electron chi connectivity index (χ4n) is 8.33. The predicted molar refractivity (Wildman–Crippen MR) is 199 cm³/mol. The van der Waals surface area contributed by atoms with Gasteiger partial charge in [0.2, 0.25) is 0 Å². The molecule has 5 aromatic carbocycles. The van der Waals surface area contributed by atoms with Gasteiger partial charge in [-0.25, -0.2) is 0 Å². The fraction of sp³-hybridized carbons (Fsp3) is 0.0889. The highest BCUT2D eigenvalue weighted by Gasteiger charge is 2.39. The first-order chi connectivity index (χ1) is 24.7. The minimum absolute atomic E-state index is 0.116. The molecule has 2 heterocycles. The van der Waals surface area contributed by atoms with Crippen LogP contribution in [0.2, 0.25) is 0 Å². The second kappa shape index (κ2) is 11.7. The lowest BCUT2D eigenvalue weighted by Gasteiger charge is -2.34. The third kappa shape index (κ3) is 4.44. The van der Waals surface area contributed by atoms with E-state index in [0.717, 1.165) is 55.6 Å². The molecular formula is C45H29N5. The number of hydrogen-bond acceptors (Lipinski definition) is 4. The number of para-hydroxylation sites is 3. The summed E-state index contributed by atoms with van der Waals surface area (Å²) in [6.45, 7) is 0. The van der Waals surface area contributed by atoms with Crippen LogP contribution >= 0.6 is 0 Å². The number of fused-ring (bicyclic) bond motifs is 6. The van der Waals surface area contributed by atoms with Gasteiger partial charge in [0.25, 0.3) is 0 Å². The molecule has 0 bridgehead atoms. The normalized spacial score (nSPS) is 18.9. The Hall–Kier alpha value is -6.87. The number of anilines is 1. The van der Waals surface area contributed by atoms with Gasteiger partial charge in [0, 0.05) is 39.6 Å². The minimum Gasteiger partial charge on any atom is -0.337 e. The van der Waals surface area contributed by atoms with Gasteiger partial charge in [-0.3, -0.25) is 0 Å². The van der Waals surface area contributed by atoms with Gasteiger partial charge < -0.3 is 9.47 Å². The third-order valence-corrected chi connectivity index (χ3v) is 10.4. The zero-order valence-corrected chi connectivity index (χ0v) is 27.0. The van der Waals surface area contributed by atoms with Crippen molar-refractivity contribution in [2.45, 2.75) is 24.3 Å². The highest BCUT2D eigenvalue weighted by molar-refractivity contribution is 6.10.